The highest BCUT2D eigenvalue weighted by molar-refractivity contribution is 6.30. The summed E-state index contributed by atoms with van der Waals surface area (Å²) in [6.45, 7) is 2.95. The van der Waals surface area contributed by atoms with Crippen molar-refractivity contribution in [3.05, 3.63) is 40.9 Å². The normalized spacial score (nSPS) is 14.8. The van der Waals surface area contributed by atoms with Crippen LogP contribution in [0.2, 0.25) is 5.02 Å². The van der Waals surface area contributed by atoms with Crippen molar-refractivity contribution in [3.8, 4) is 11.3 Å². The van der Waals surface area contributed by atoms with E-state index >= 15 is 0 Å². The zero-order valence-corrected chi connectivity index (χ0v) is 11.7. The summed E-state index contributed by atoms with van der Waals surface area (Å²) in [5.41, 5.74) is 2.11. The van der Waals surface area contributed by atoms with Crippen molar-refractivity contribution < 1.29 is 4.42 Å². The molecular formula is C15H17ClN2O. The van der Waals surface area contributed by atoms with Crippen LogP contribution < -0.4 is 5.32 Å². The van der Waals surface area contributed by atoms with Gasteiger partial charge in [0.1, 0.15) is 0 Å². The third-order valence-electron chi connectivity index (χ3n) is 3.23. The average molecular weight is 277 g/mol. The van der Waals surface area contributed by atoms with Gasteiger partial charge in [-0.2, -0.15) is 0 Å². The molecule has 0 aliphatic heterocycles. The largest absolute Gasteiger partial charge is 0.441 e. The Morgan fingerprint density at radius 2 is 2.21 bits per heavy atom. The second-order valence-corrected chi connectivity index (χ2v) is 5.55. The lowest BCUT2D eigenvalue weighted by molar-refractivity contribution is 0.494. The van der Waals surface area contributed by atoms with Gasteiger partial charge < -0.3 is 9.73 Å². The molecule has 0 amide bonds. The third-order valence-corrected chi connectivity index (χ3v) is 3.45. The summed E-state index contributed by atoms with van der Waals surface area (Å²) < 4.78 is 5.77. The molecule has 1 aromatic heterocycles. The first kappa shape index (κ1) is 12.7. The number of oxazole rings is 1. The maximum Gasteiger partial charge on any atom is 0.196 e. The quantitative estimate of drug-likeness (QED) is 0.907. The maximum atomic E-state index is 6.06. The Balaban J connectivity index is 1.68. The van der Waals surface area contributed by atoms with Crippen LogP contribution in [0.4, 0.5) is 0 Å². The van der Waals surface area contributed by atoms with E-state index < -0.39 is 0 Å². The predicted octanol–water partition coefficient (Wildman–Crippen LogP) is 3.60. The Morgan fingerprint density at radius 1 is 1.37 bits per heavy atom. The van der Waals surface area contributed by atoms with Crippen molar-refractivity contribution in [2.45, 2.75) is 32.2 Å². The first-order chi connectivity index (χ1) is 9.20. The maximum absolute atomic E-state index is 6.06. The molecule has 1 heterocycles. The van der Waals surface area contributed by atoms with Crippen molar-refractivity contribution >= 4 is 11.6 Å². The van der Waals surface area contributed by atoms with E-state index in [1.54, 1.807) is 6.20 Å². The van der Waals surface area contributed by atoms with E-state index in [0.717, 1.165) is 46.8 Å². The molecule has 3 rings (SSSR count). The molecule has 0 bridgehead atoms. The summed E-state index contributed by atoms with van der Waals surface area (Å²) in [5.74, 6) is 1.56. The zero-order valence-electron chi connectivity index (χ0n) is 10.9. The van der Waals surface area contributed by atoms with E-state index in [1.165, 1.54) is 12.8 Å². The SMILES string of the molecule is Cc1cc(Cl)cc(-c2cnc(CCNC3CC3)o2)c1. The highest BCUT2D eigenvalue weighted by Gasteiger charge is 2.20. The fourth-order valence-corrected chi connectivity index (χ4v) is 2.40. The molecule has 1 fully saturated rings. The van der Waals surface area contributed by atoms with Crippen molar-refractivity contribution in [1.82, 2.24) is 10.3 Å². The Bertz CT molecular complexity index is 555. The molecule has 1 saturated carbocycles. The summed E-state index contributed by atoms with van der Waals surface area (Å²) in [6, 6.07) is 6.62. The molecule has 1 N–H and O–H groups in total. The molecule has 1 aliphatic carbocycles. The van der Waals surface area contributed by atoms with E-state index in [9.17, 15) is 0 Å². The molecule has 100 valence electrons. The number of rotatable bonds is 5. The van der Waals surface area contributed by atoms with Crippen LogP contribution >= 0.6 is 11.6 Å². The van der Waals surface area contributed by atoms with Gasteiger partial charge in [-0.3, -0.25) is 0 Å². The van der Waals surface area contributed by atoms with Gasteiger partial charge in [-0.1, -0.05) is 11.6 Å². The predicted molar refractivity (Wildman–Crippen MR) is 76.4 cm³/mol. The van der Waals surface area contributed by atoms with Gasteiger partial charge in [0.25, 0.3) is 0 Å². The van der Waals surface area contributed by atoms with Gasteiger partial charge in [-0.25, -0.2) is 4.98 Å². The number of aromatic nitrogens is 1. The van der Waals surface area contributed by atoms with Gasteiger partial charge >= 0.3 is 0 Å². The van der Waals surface area contributed by atoms with Crippen LogP contribution in [0.5, 0.6) is 0 Å². The van der Waals surface area contributed by atoms with Crippen molar-refractivity contribution in [1.29, 1.82) is 0 Å². The topological polar surface area (TPSA) is 38.1 Å². The van der Waals surface area contributed by atoms with Gasteiger partial charge in [0.05, 0.1) is 6.20 Å². The number of hydrogen-bond acceptors (Lipinski definition) is 3. The second-order valence-electron chi connectivity index (χ2n) is 5.11. The lowest BCUT2D eigenvalue weighted by Gasteiger charge is -2.01. The fourth-order valence-electron chi connectivity index (χ4n) is 2.11. The van der Waals surface area contributed by atoms with Gasteiger partial charge in [0.2, 0.25) is 0 Å². The minimum atomic E-state index is 0.725. The zero-order chi connectivity index (χ0) is 13.2. The summed E-state index contributed by atoms with van der Waals surface area (Å²) in [4.78, 5) is 4.32. The monoisotopic (exact) mass is 276 g/mol. The number of nitrogens with one attached hydrogen (secondary N) is 1. The molecule has 3 nitrogen and oxygen atoms in total. The number of nitrogens with zero attached hydrogens (tertiary/aromatic N) is 1. The van der Waals surface area contributed by atoms with Crippen molar-refractivity contribution in [2.24, 2.45) is 0 Å². The molecule has 0 radical (unpaired) electrons. The summed E-state index contributed by atoms with van der Waals surface area (Å²) in [6.07, 6.45) is 5.21. The molecule has 0 atom stereocenters. The second kappa shape index (κ2) is 5.35. The standard InChI is InChI=1S/C15H17ClN2O/c1-10-6-11(8-12(16)7-10)14-9-18-15(19-14)4-5-17-13-2-3-13/h6-9,13,17H,2-5H2,1H3. The van der Waals surface area contributed by atoms with Crippen molar-refractivity contribution in [3.63, 3.8) is 0 Å². The Kier molecular flexibility index (Phi) is 3.58. The van der Waals surface area contributed by atoms with E-state index in [0.29, 0.717) is 0 Å². The Hall–Kier alpha value is -1.32. The minimum Gasteiger partial charge on any atom is -0.441 e. The van der Waals surface area contributed by atoms with Crippen LogP contribution in [0.1, 0.15) is 24.3 Å². The number of aryl methyl sites for hydroxylation is 1. The minimum absolute atomic E-state index is 0.725. The van der Waals surface area contributed by atoms with Gasteiger partial charge in [0.15, 0.2) is 11.7 Å². The number of halogens is 1. The Morgan fingerprint density at radius 3 is 2.95 bits per heavy atom. The molecule has 1 aliphatic rings. The highest BCUT2D eigenvalue weighted by atomic mass is 35.5. The lowest BCUT2D eigenvalue weighted by Crippen LogP contribution is -2.19. The van der Waals surface area contributed by atoms with Gasteiger partial charge in [-0.15, -0.1) is 0 Å². The first-order valence-corrected chi connectivity index (χ1v) is 7.04. The van der Waals surface area contributed by atoms with Crippen LogP contribution in [0.25, 0.3) is 11.3 Å². The van der Waals surface area contributed by atoms with Crippen molar-refractivity contribution in [2.75, 3.05) is 6.54 Å². The van der Waals surface area contributed by atoms with Crippen LogP contribution in [0.15, 0.2) is 28.8 Å². The van der Waals surface area contributed by atoms with Gasteiger partial charge in [0, 0.05) is 29.6 Å². The molecule has 4 heteroatoms. The molecular weight excluding hydrogens is 260 g/mol. The summed E-state index contributed by atoms with van der Waals surface area (Å²) >= 11 is 6.06. The average Bonchev–Trinajstić information content (AvgIpc) is 3.04. The smallest absolute Gasteiger partial charge is 0.196 e. The highest BCUT2D eigenvalue weighted by Crippen LogP contribution is 2.25. The lowest BCUT2D eigenvalue weighted by atomic mass is 10.1. The van der Waals surface area contributed by atoms with Crippen LogP contribution in [-0.2, 0) is 6.42 Å². The van der Waals surface area contributed by atoms with Crippen LogP contribution in [-0.4, -0.2) is 17.6 Å². The molecule has 0 saturated heterocycles. The Labute approximate surface area is 118 Å². The molecule has 19 heavy (non-hydrogen) atoms. The number of benzene rings is 1. The molecule has 1 aromatic carbocycles. The molecule has 0 unspecified atom stereocenters. The summed E-state index contributed by atoms with van der Waals surface area (Å²) in [5, 5.41) is 4.18. The van der Waals surface area contributed by atoms with Crippen LogP contribution in [0.3, 0.4) is 0 Å². The van der Waals surface area contributed by atoms with E-state index in [1.807, 2.05) is 19.1 Å². The number of hydrogen-bond donors (Lipinski definition) is 1. The first-order valence-electron chi connectivity index (χ1n) is 6.66. The van der Waals surface area contributed by atoms with E-state index in [4.69, 9.17) is 16.0 Å². The summed E-state index contributed by atoms with van der Waals surface area (Å²) in [7, 11) is 0. The molecule has 0 spiro atoms. The fraction of sp³-hybridized carbons (Fsp3) is 0.400. The van der Waals surface area contributed by atoms with E-state index in [2.05, 4.69) is 16.4 Å². The third kappa shape index (κ3) is 3.37. The van der Waals surface area contributed by atoms with Gasteiger partial charge in [-0.05, 0) is 43.5 Å². The molecule has 2 aromatic rings. The van der Waals surface area contributed by atoms with E-state index in [-0.39, 0.29) is 0 Å². The van der Waals surface area contributed by atoms with Crippen LogP contribution in [0, 0.1) is 6.92 Å².